The summed E-state index contributed by atoms with van der Waals surface area (Å²) >= 11 is 0. The van der Waals surface area contributed by atoms with Gasteiger partial charge in [0, 0.05) is 13.6 Å². The summed E-state index contributed by atoms with van der Waals surface area (Å²) in [5.74, 6) is 0.0495. The Balaban J connectivity index is 2.56. The first-order valence-corrected chi connectivity index (χ1v) is 5.11. The molecule has 0 aliphatic rings. The van der Waals surface area contributed by atoms with Crippen molar-refractivity contribution in [3.8, 4) is 0 Å². The average Bonchev–Trinajstić information content (AvgIpc) is 2.28. The van der Waals surface area contributed by atoms with Gasteiger partial charge in [0.1, 0.15) is 0 Å². The van der Waals surface area contributed by atoms with Crippen LogP contribution >= 0.6 is 0 Å². The summed E-state index contributed by atoms with van der Waals surface area (Å²) in [4.78, 5) is 13.4. The molecule has 1 atom stereocenters. The van der Waals surface area contributed by atoms with Crippen molar-refractivity contribution in [3.63, 3.8) is 0 Å². The zero-order chi connectivity index (χ0) is 11.3. The van der Waals surface area contributed by atoms with E-state index >= 15 is 0 Å². The summed E-state index contributed by atoms with van der Waals surface area (Å²) in [6.45, 7) is 2.69. The Kier molecular flexibility index (Phi) is 4.31. The van der Waals surface area contributed by atoms with Gasteiger partial charge < -0.3 is 5.32 Å². The van der Waals surface area contributed by atoms with E-state index in [0.29, 0.717) is 0 Å². The number of hydrogen-bond donors (Lipinski definition) is 1. The van der Waals surface area contributed by atoms with Crippen LogP contribution in [0.5, 0.6) is 0 Å². The van der Waals surface area contributed by atoms with Gasteiger partial charge in [-0.3, -0.25) is 9.69 Å². The number of amides is 1. The third kappa shape index (κ3) is 3.36. The highest BCUT2D eigenvalue weighted by Crippen LogP contribution is 2.05. The SMILES string of the molecule is CNC(=O)[C@H](C)N(C)Cc1ccccc1. The quantitative estimate of drug-likeness (QED) is 0.804. The van der Waals surface area contributed by atoms with E-state index in [2.05, 4.69) is 17.4 Å². The molecule has 1 N–H and O–H groups in total. The third-order valence-electron chi connectivity index (χ3n) is 2.56. The van der Waals surface area contributed by atoms with Gasteiger partial charge in [0.15, 0.2) is 0 Å². The van der Waals surface area contributed by atoms with Crippen LogP contribution in [-0.4, -0.2) is 30.9 Å². The molecule has 0 aliphatic carbocycles. The predicted octanol–water partition coefficient (Wildman–Crippen LogP) is 1.25. The van der Waals surface area contributed by atoms with Gasteiger partial charge in [0.05, 0.1) is 6.04 Å². The second-order valence-electron chi connectivity index (χ2n) is 3.69. The fourth-order valence-electron chi connectivity index (χ4n) is 1.42. The highest BCUT2D eigenvalue weighted by molar-refractivity contribution is 5.80. The lowest BCUT2D eigenvalue weighted by molar-refractivity contribution is -0.125. The van der Waals surface area contributed by atoms with E-state index in [0.717, 1.165) is 6.54 Å². The van der Waals surface area contributed by atoms with Crippen molar-refractivity contribution in [1.82, 2.24) is 10.2 Å². The number of carbonyl (C=O) groups is 1. The van der Waals surface area contributed by atoms with Crippen molar-refractivity contribution in [3.05, 3.63) is 35.9 Å². The van der Waals surface area contributed by atoms with Crippen LogP contribution in [-0.2, 0) is 11.3 Å². The maximum absolute atomic E-state index is 11.4. The number of likely N-dealkylation sites (N-methyl/N-ethyl adjacent to an activating group) is 2. The van der Waals surface area contributed by atoms with Gasteiger partial charge in [0.2, 0.25) is 5.91 Å². The van der Waals surface area contributed by atoms with Crippen LogP contribution in [0.15, 0.2) is 30.3 Å². The van der Waals surface area contributed by atoms with Crippen LogP contribution in [0.25, 0.3) is 0 Å². The van der Waals surface area contributed by atoms with Crippen molar-refractivity contribution in [2.24, 2.45) is 0 Å². The minimum Gasteiger partial charge on any atom is -0.358 e. The molecule has 15 heavy (non-hydrogen) atoms. The first kappa shape index (κ1) is 11.7. The van der Waals surface area contributed by atoms with Crippen LogP contribution in [0.2, 0.25) is 0 Å². The second-order valence-corrected chi connectivity index (χ2v) is 3.69. The molecule has 0 unspecified atom stereocenters. The normalized spacial score (nSPS) is 12.5. The van der Waals surface area contributed by atoms with Crippen LogP contribution in [0.1, 0.15) is 12.5 Å². The van der Waals surface area contributed by atoms with E-state index in [4.69, 9.17) is 0 Å². The Bertz CT molecular complexity index is 311. The molecule has 0 saturated carbocycles. The van der Waals surface area contributed by atoms with E-state index in [9.17, 15) is 4.79 Å². The third-order valence-corrected chi connectivity index (χ3v) is 2.56. The summed E-state index contributed by atoms with van der Waals surface area (Å²) in [5.41, 5.74) is 1.22. The van der Waals surface area contributed by atoms with Gasteiger partial charge in [0.25, 0.3) is 0 Å². The molecule has 82 valence electrons. The van der Waals surface area contributed by atoms with Gasteiger partial charge >= 0.3 is 0 Å². The summed E-state index contributed by atoms with van der Waals surface area (Å²) in [6, 6.07) is 10.0. The molecule has 1 amide bonds. The van der Waals surface area contributed by atoms with E-state index in [1.54, 1.807) is 7.05 Å². The van der Waals surface area contributed by atoms with E-state index in [-0.39, 0.29) is 11.9 Å². The highest BCUT2D eigenvalue weighted by atomic mass is 16.2. The average molecular weight is 206 g/mol. The maximum atomic E-state index is 11.4. The highest BCUT2D eigenvalue weighted by Gasteiger charge is 2.16. The van der Waals surface area contributed by atoms with Crippen LogP contribution < -0.4 is 5.32 Å². The van der Waals surface area contributed by atoms with Gasteiger partial charge in [-0.1, -0.05) is 30.3 Å². The molecule has 0 aliphatic heterocycles. The van der Waals surface area contributed by atoms with E-state index in [1.165, 1.54) is 5.56 Å². The van der Waals surface area contributed by atoms with Crippen LogP contribution in [0, 0.1) is 0 Å². The minimum atomic E-state index is -0.102. The standard InChI is InChI=1S/C12H18N2O/c1-10(12(15)13-2)14(3)9-11-7-5-4-6-8-11/h4-8,10H,9H2,1-3H3,(H,13,15)/t10-/m0/s1. The number of rotatable bonds is 4. The molecule has 1 rings (SSSR count). The molecular weight excluding hydrogens is 188 g/mol. The van der Waals surface area contributed by atoms with Crippen molar-refractivity contribution < 1.29 is 4.79 Å². The maximum Gasteiger partial charge on any atom is 0.236 e. The fraction of sp³-hybridized carbons (Fsp3) is 0.417. The molecule has 3 nitrogen and oxygen atoms in total. The van der Waals surface area contributed by atoms with Gasteiger partial charge in [-0.2, -0.15) is 0 Å². The Morgan fingerprint density at radius 2 is 2.00 bits per heavy atom. The fourth-order valence-corrected chi connectivity index (χ4v) is 1.42. The largest absolute Gasteiger partial charge is 0.358 e. The lowest BCUT2D eigenvalue weighted by atomic mass is 10.2. The van der Waals surface area contributed by atoms with Crippen molar-refractivity contribution in [2.75, 3.05) is 14.1 Å². The number of nitrogens with zero attached hydrogens (tertiary/aromatic N) is 1. The number of carbonyl (C=O) groups excluding carboxylic acids is 1. The summed E-state index contributed by atoms with van der Waals surface area (Å²) < 4.78 is 0. The molecule has 0 radical (unpaired) electrons. The van der Waals surface area contributed by atoms with Crippen molar-refractivity contribution in [2.45, 2.75) is 19.5 Å². The Hall–Kier alpha value is -1.35. The molecule has 0 fully saturated rings. The lowest BCUT2D eigenvalue weighted by Crippen LogP contribution is -2.41. The minimum absolute atomic E-state index is 0.0495. The van der Waals surface area contributed by atoms with E-state index in [1.807, 2.05) is 37.1 Å². The Labute approximate surface area is 91.1 Å². The van der Waals surface area contributed by atoms with Crippen molar-refractivity contribution >= 4 is 5.91 Å². The zero-order valence-electron chi connectivity index (χ0n) is 9.53. The summed E-state index contributed by atoms with van der Waals surface area (Å²) in [7, 11) is 3.61. The van der Waals surface area contributed by atoms with Crippen LogP contribution in [0.3, 0.4) is 0 Å². The molecule has 1 aromatic rings. The van der Waals surface area contributed by atoms with Crippen molar-refractivity contribution in [1.29, 1.82) is 0 Å². The molecule has 0 heterocycles. The summed E-state index contributed by atoms with van der Waals surface area (Å²) in [6.07, 6.45) is 0. The first-order valence-electron chi connectivity index (χ1n) is 5.11. The number of benzene rings is 1. The van der Waals surface area contributed by atoms with Crippen LogP contribution in [0.4, 0.5) is 0 Å². The molecule has 0 saturated heterocycles. The van der Waals surface area contributed by atoms with Gasteiger partial charge in [-0.05, 0) is 19.5 Å². The zero-order valence-corrected chi connectivity index (χ0v) is 9.53. The molecule has 0 spiro atoms. The molecule has 0 bridgehead atoms. The first-order chi connectivity index (χ1) is 7.15. The predicted molar refractivity (Wildman–Crippen MR) is 61.4 cm³/mol. The number of nitrogens with one attached hydrogen (secondary N) is 1. The summed E-state index contributed by atoms with van der Waals surface area (Å²) in [5, 5.41) is 2.65. The second kappa shape index (κ2) is 5.51. The molecular formula is C12H18N2O. The molecule has 1 aromatic carbocycles. The topological polar surface area (TPSA) is 32.3 Å². The Morgan fingerprint density at radius 3 is 2.53 bits per heavy atom. The smallest absolute Gasteiger partial charge is 0.236 e. The van der Waals surface area contributed by atoms with Gasteiger partial charge in [-0.25, -0.2) is 0 Å². The van der Waals surface area contributed by atoms with Gasteiger partial charge in [-0.15, -0.1) is 0 Å². The number of hydrogen-bond acceptors (Lipinski definition) is 2. The van der Waals surface area contributed by atoms with E-state index < -0.39 is 0 Å². The Morgan fingerprint density at radius 1 is 1.40 bits per heavy atom. The molecule has 0 aromatic heterocycles. The monoisotopic (exact) mass is 206 g/mol. The molecule has 3 heteroatoms. The lowest BCUT2D eigenvalue weighted by Gasteiger charge is -2.23.